The molecule has 0 radical (unpaired) electrons. The highest BCUT2D eigenvalue weighted by Gasteiger charge is 2.26. The fourth-order valence-electron chi connectivity index (χ4n) is 2.02. The number of halogens is 2. The second kappa shape index (κ2) is 6.91. The SMILES string of the molecule is O=C1CCC[C@H](C(=O)OCC(=O)c2cccc(Cl)c2Cl)N1. The number of amides is 1. The predicted octanol–water partition coefficient (Wildman–Crippen LogP) is 2.39. The Morgan fingerprint density at radius 3 is 2.81 bits per heavy atom. The van der Waals surface area contributed by atoms with Gasteiger partial charge in [0.2, 0.25) is 11.7 Å². The lowest BCUT2D eigenvalue weighted by molar-refractivity contribution is -0.148. The average molecular weight is 330 g/mol. The van der Waals surface area contributed by atoms with Crippen LogP contribution in [0.3, 0.4) is 0 Å². The molecule has 0 unspecified atom stereocenters. The lowest BCUT2D eigenvalue weighted by Crippen LogP contribution is -2.45. The van der Waals surface area contributed by atoms with Gasteiger partial charge in [-0.2, -0.15) is 0 Å². The average Bonchev–Trinajstić information content (AvgIpc) is 2.47. The highest BCUT2D eigenvalue weighted by molar-refractivity contribution is 6.43. The Labute approximate surface area is 131 Å². The molecule has 2 rings (SSSR count). The molecule has 5 nitrogen and oxygen atoms in total. The van der Waals surface area contributed by atoms with Gasteiger partial charge in [-0.3, -0.25) is 9.59 Å². The number of esters is 1. The maximum absolute atomic E-state index is 12.0. The molecule has 1 heterocycles. The Morgan fingerprint density at radius 1 is 1.33 bits per heavy atom. The molecule has 0 aromatic heterocycles. The van der Waals surface area contributed by atoms with Crippen molar-refractivity contribution in [3.63, 3.8) is 0 Å². The van der Waals surface area contributed by atoms with Gasteiger partial charge in [0, 0.05) is 12.0 Å². The lowest BCUT2D eigenvalue weighted by Gasteiger charge is -2.21. The highest BCUT2D eigenvalue weighted by atomic mass is 35.5. The molecular formula is C14H13Cl2NO4. The molecule has 0 saturated carbocycles. The monoisotopic (exact) mass is 329 g/mol. The van der Waals surface area contributed by atoms with Crippen molar-refractivity contribution < 1.29 is 19.1 Å². The van der Waals surface area contributed by atoms with Gasteiger partial charge in [-0.05, 0) is 25.0 Å². The fraction of sp³-hybridized carbons (Fsp3) is 0.357. The molecule has 1 N–H and O–H groups in total. The second-order valence-corrected chi connectivity index (χ2v) is 5.43. The Balaban J connectivity index is 1.93. The van der Waals surface area contributed by atoms with Crippen molar-refractivity contribution in [1.82, 2.24) is 5.32 Å². The van der Waals surface area contributed by atoms with Crippen LogP contribution in [0.25, 0.3) is 0 Å². The predicted molar refractivity (Wildman–Crippen MR) is 77.5 cm³/mol. The van der Waals surface area contributed by atoms with Gasteiger partial charge in [0.1, 0.15) is 6.04 Å². The zero-order chi connectivity index (χ0) is 15.4. The van der Waals surface area contributed by atoms with E-state index in [1.807, 2.05) is 0 Å². The third-order valence-electron chi connectivity index (χ3n) is 3.11. The van der Waals surface area contributed by atoms with Crippen LogP contribution < -0.4 is 5.32 Å². The van der Waals surface area contributed by atoms with Gasteiger partial charge in [-0.15, -0.1) is 0 Å². The molecule has 1 saturated heterocycles. The second-order valence-electron chi connectivity index (χ2n) is 4.64. The van der Waals surface area contributed by atoms with Gasteiger partial charge in [-0.25, -0.2) is 4.79 Å². The quantitative estimate of drug-likeness (QED) is 0.680. The molecule has 112 valence electrons. The van der Waals surface area contributed by atoms with E-state index >= 15 is 0 Å². The smallest absolute Gasteiger partial charge is 0.329 e. The number of carbonyl (C=O) groups excluding carboxylic acids is 3. The molecule has 1 atom stereocenters. The van der Waals surface area contributed by atoms with Gasteiger partial charge < -0.3 is 10.1 Å². The lowest BCUT2D eigenvalue weighted by atomic mass is 10.0. The van der Waals surface area contributed by atoms with E-state index in [1.165, 1.54) is 6.07 Å². The van der Waals surface area contributed by atoms with Gasteiger partial charge >= 0.3 is 5.97 Å². The van der Waals surface area contributed by atoms with Crippen LogP contribution in [-0.4, -0.2) is 30.3 Å². The first kappa shape index (κ1) is 15.8. The van der Waals surface area contributed by atoms with E-state index in [1.54, 1.807) is 12.1 Å². The van der Waals surface area contributed by atoms with Gasteiger partial charge in [0.15, 0.2) is 6.61 Å². The number of Topliss-reactive ketones (excluding diaryl/α,β-unsaturated/α-hetero) is 1. The molecule has 21 heavy (non-hydrogen) atoms. The van der Waals surface area contributed by atoms with Crippen LogP contribution in [0.5, 0.6) is 0 Å². The van der Waals surface area contributed by atoms with Crippen LogP contribution in [0.2, 0.25) is 10.0 Å². The molecule has 1 aromatic carbocycles. The largest absolute Gasteiger partial charge is 0.456 e. The first-order valence-corrected chi connectivity index (χ1v) is 7.18. The number of benzene rings is 1. The van der Waals surface area contributed by atoms with E-state index < -0.39 is 24.4 Å². The summed E-state index contributed by atoms with van der Waals surface area (Å²) >= 11 is 11.7. The third kappa shape index (κ3) is 3.95. The van der Waals surface area contributed by atoms with E-state index in [9.17, 15) is 14.4 Å². The number of piperidine rings is 1. The third-order valence-corrected chi connectivity index (χ3v) is 3.93. The van der Waals surface area contributed by atoms with Crippen molar-refractivity contribution in [1.29, 1.82) is 0 Å². The van der Waals surface area contributed by atoms with E-state index in [0.29, 0.717) is 19.3 Å². The molecule has 1 aliphatic heterocycles. The number of rotatable bonds is 4. The van der Waals surface area contributed by atoms with Gasteiger partial charge in [0.25, 0.3) is 0 Å². The van der Waals surface area contributed by atoms with E-state index in [-0.39, 0.29) is 21.5 Å². The number of ketones is 1. The molecule has 7 heteroatoms. The van der Waals surface area contributed by atoms with E-state index in [2.05, 4.69) is 5.32 Å². The number of ether oxygens (including phenoxy) is 1. The van der Waals surface area contributed by atoms with Crippen molar-refractivity contribution in [3.05, 3.63) is 33.8 Å². The number of hydrogen-bond acceptors (Lipinski definition) is 4. The van der Waals surface area contributed by atoms with Crippen molar-refractivity contribution in [2.45, 2.75) is 25.3 Å². The molecule has 0 bridgehead atoms. The van der Waals surface area contributed by atoms with Crippen molar-refractivity contribution in [2.24, 2.45) is 0 Å². The summed E-state index contributed by atoms with van der Waals surface area (Å²) in [7, 11) is 0. The number of hydrogen-bond donors (Lipinski definition) is 1. The first-order valence-electron chi connectivity index (χ1n) is 6.42. The summed E-state index contributed by atoms with van der Waals surface area (Å²) in [5, 5.41) is 2.92. The molecule has 1 aliphatic rings. The van der Waals surface area contributed by atoms with Crippen molar-refractivity contribution >= 4 is 40.9 Å². The summed E-state index contributed by atoms with van der Waals surface area (Å²) in [6.45, 7) is -0.439. The van der Waals surface area contributed by atoms with Crippen molar-refractivity contribution in [2.75, 3.05) is 6.61 Å². The summed E-state index contributed by atoms with van der Waals surface area (Å²) in [5.41, 5.74) is 0.199. The molecule has 1 fully saturated rings. The van der Waals surface area contributed by atoms with Gasteiger partial charge in [0.05, 0.1) is 10.0 Å². The Kier molecular flexibility index (Phi) is 5.20. The normalized spacial score (nSPS) is 18.0. The molecule has 1 amide bonds. The topological polar surface area (TPSA) is 72.5 Å². The standard InChI is InChI=1S/C14H13Cl2NO4/c15-9-4-1-3-8(13(9)16)11(18)7-21-14(20)10-5-2-6-12(19)17-10/h1,3-4,10H,2,5-7H2,(H,17,19)/t10-/m1/s1. The Morgan fingerprint density at radius 2 is 2.10 bits per heavy atom. The minimum atomic E-state index is -0.686. The van der Waals surface area contributed by atoms with Gasteiger partial charge in [-0.1, -0.05) is 29.3 Å². The zero-order valence-corrected chi connectivity index (χ0v) is 12.5. The maximum Gasteiger partial charge on any atom is 0.329 e. The van der Waals surface area contributed by atoms with Crippen LogP contribution in [0.4, 0.5) is 0 Å². The maximum atomic E-state index is 12.0. The van der Waals surface area contributed by atoms with Crippen LogP contribution in [0.15, 0.2) is 18.2 Å². The summed E-state index contributed by atoms with van der Waals surface area (Å²) in [6, 6.07) is 3.97. The minimum absolute atomic E-state index is 0.131. The molecular weight excluding hydrogens is 317 g/mol. The molecule has 1 aromatic rings. The summed E-state index contributed by atoms with van der Waals surface area (Å²) in [6.07, 6.45) is 1.54. The summed E-state index contributed by atoms with van der Waals surface area (Å²) < 4.78 is 4.94. The van der Waals surface area contributed by atoms with Crippen LogP contribution in [0, 0.1) is 0 Å². The minimum Gasteiger partial charge on any atom is -0.456 e. The van der Waals surface area contributed by atoms with Crippen LogP contribution in [0.1, 0.15) is 29.6 Å². The first-order chi connectivity index (χ1) is 9.99. The van der Waals surface area contributed by atoms with Crippen molar-refractivity contribution in [3.8, 4) is 0 Å². The molecule has 0 aliphatic carbocycles. The van der Waals surface area contributed by atoms with E-state index in [0.717, 1.165) is 0 Å². The molecule has 0 spiro atoms. The Hall–Kier alpha value is -1.59. The zero-order valence-electron chi connectivity index (χ0n) is 11.0. The van der Waals surface area contributed by atoms with E-state index in [4.69, 9.17) is 27.9 Å². The highest BCUT2D eigenvalue weighted by Crippen LogP contribution is 2.25. The van der Waals surface area contributed by atoms with Crippen LogP contribution >= 0.6 is 23.2 Å². The summed E-state index contributed by atoms with van der Waals surface area (Å²) in [4.78, 5) is 34.9. The fourth-order valence-corrected chi connectivity index (χ4v) is 2.42. The number of nitrogens with one attached hydrogen (secondary N) is 1. The van der Waals surface area contributed by atoms with Crippen LogP contribution in [-0.2, 0) is 14.3 Å². The number of carbonyl (C=O) groups is 3. The Bertz CT molecular complexity index is 588. The summed E-state index contributed by atoms with van der Waals surface area (Å²) in [5.74, 6) is -1.25.